The molecule has 1 unspecified atom stereocenters. The topological polar surface area (TPSA) is 78.4 Å². The Labute approximate surface area is 110 Å². The number of rotatable bonds is 4. The van der Waals surface area contributed by atoms with E-state index in [1.807, 2.05) is 0 Å². The van der Waals surface area contributed by atoms with E-state index in [0.29, 0.717) is 5.69 Å². The van der Waals surface area contributed by atoms with Gasteiger partial charge < -0.3 is 15.7 Å². The summed E-state index contributed by atoms with van der Waals surface area (Å²) < 4.78 is 0. The van der Waals surface area contributed by atoms with Crippen LogP contribution in [-0.4, -0.2) is 29.6 Å². The predicted molar refractivity (Wildman–Crippen MR) is 69.8 cm³/mol. The van der Waals surface area contributed by atoms with E-state index in [0.717, 1.165) is 0 Å². The van der Waals surface area contributed by atoms with Gasteiger partial charge in [-0.3, -0.25) is 9.59 Å². The number of aliphatic hydroxyl groups is 1. The van der Waals surface area contributed by atoms with Crippen LogP contribution in [0.5, 0.6) is 0 Å². The van der Waals surface area contributed by atoms with Crippen molar-refractivity contribution in [3.63, 3.8) is 0 Å². The van der Waals surface area contributed by atoms with Crippen LogP contribution in [0.4, 0.5) is 5.69 Å². The first-order valence-electron chi connectivity index (χ1n) is 5.43. The van der Waals surface area contributed by atoms with Crippen molar-refractivity contribution in [1.29, 1.82) is 0 Å². The summed E-state index contributed by atoms with van der Waals surface area (Å²) >= 11 is 5.92. The molecule has 1 aromatic carbocycles. The number of hydrogen-bond donors (Lipinski definition) is 3. The minimum atomic E-state index is -0.395. The van der Waals surface area contributed by atoms with E-state index < -0.39 is 5.91 Å². The number of benzene rings is 1. The van der Waals surface area contributed by atoms with Crippen LogP contribution in [0.3, 0.4) is 0 Å². The maximum Gasteiger partial charge on any atom is 0.253 e. The Balaban J connectivity index is 2.92. The molecule has 18 heavy (non-hydrogen) atoms. The van der Waals surface area contributed by atoms with Gasteiger partial charge in [0.15, 0.2) is 0 Å². The highest BCUT2D eigenvalue weighted by atomic mass is 35.5. The van der Waals surface area contributed by atoms with Crippen LogP contribution in [-0.2, 0) is 4.79 Å². The maximum absolute atomic E-state index is 11.9. The Morgan fingerprint density at radius 3 is 2.67 bits per heavy atom. The van der Waals surface area contributed by atoms with Gasteiger partial charge in [-0.1, -0.05) is 11.6 Å². The first-order chi connectivity index (χ1) is 8.43. The second-order valence-corrected chi connectivity index (χ2v) is 4.34. The van der Waals surface area contributed by atoms with Crippen molar-refractivity contribution in [2.75, 3.05) is 11.9 Å². The lowest BCUT2D eigenvalue weighted by molar-refractivity contribution is -0.114. The number of carbonyl (C=O) groups excluding carboxylic acids is 2. The molecule has 0 aliphatic heterocycles. The number of hydrogen-bond acceptors (Lipinski definition) is 3. The molecule has 0 aromatic heterocycles. The third-order valence-corrected chi connectivity index (χ3v) is 2.51. The standard InChI is InChI=1S/C12H15ClN2O3/c1-7(6-16)14-12(18)10-5-9(15-8(2)17)3-4-11(10)13/h3-5,7,16H,6H2,1-2H3,(H,14,18)(H,15,17). The number of aliphatic hydroxyl groups excluding tert-OH is 1. The monoisotopic (exact) mass is 270 g/mol. The molecule has 3 N–H and O–H groups in total. The molecule has 0 radical (unpaired) electrons. The van der Waals surface area contributed by atoms with Crippen LogP contribution in [0.2, 0.25) is 5.02 Å². The molecule has 0 fully saturated rings. The van der Waals surface area contributed by atoms with E-state index >= 15 is 0 Å². The SMILES string of the molecule is CC(=O)Nc1ccc(Cl)c(C(=O)NC(C)CO)c1. The molecule has 0 heterocycles. The summed E-state index contributed by atoms with van der Waals surface area (Å²) in [5.74, 6) is -0.624. The summed E-state index contributed by atoms with van der Waals surface area (Å²) in [4.78, 5) is 22.8. The zero-order valence-corrected chi connectivity index (χ0v) is 10.9. The second-order valence-electron chi connectivity index (χ2n) is 3.93. The van der Waals surface area contributed by atoms with Gasteiger partial charge >= 0.3 is 0 Å². The molecular weight excluding hydrogens is 256 g/mol. The lowest BCUT2D eigenvalue weighted by atomic mass is 10.1. The highest BCUT2D eigenvalue weighted by Gasteiger charge is 2.13. The first-order valence-corrected chi connectivity index (χ1v) is 5.80. The molecular formula is C12H15ClN2O3. The molecule has 1 rings (SSSR count). The fourth-order valence-electron chi connectivity index (χ4n) is 1.33. The maximum atomic E-state index is 11.9. The van der Waals surface area contributed by atoms with E-state index in [1.165, 1.54) is 19.1 Å². The molecule has 0 saturated carbocycles. The average Bonchev–Trinajstić information content (AvgIpc) is 2.30. The third kappa shape index (κ3) is 4.01. The molecule has 5 nitrogen and oxygen atoms in total. The summed E-state index contributed by atoms with van der Waals surface area (Å²) in [5, 5.41) is 14.3. The van der Waals surface area contributed by atoms with E-state index in [9.17, 15) is 9.59 Å². The Kier molecular flexibility index (Phi) is 5.12. The van der Waals surface area contributed by atoms with Gasteiger partial charge in [0.25, 0.3) is 5.91 Å². The minimum absolute atomic E-state index is 0.158. The average molecular weight is 271 g/mol. The number of anilines is 1. The summed E-state index contributed by atoms with van der Waals surface area (Å²) in [6.07, 6.45) is 0. The van der Waals surface area contributed by atoms with Crippen LogP contribution in [0.1, 0.15) is 24.2 Å². The third-order valence-electron chi connectivity index (χ3n) is 2.18. The normalized spacial score (nSPS) is 11.8. The largest absolute Gasteiger partial charge is 0.394 e. The fraction of sp³-hybridized carbons (Fsp3) is 0.333. The molecule has 98 valence electrons. The van der Waals surface area contributed by atoms with Crippen LogP contribution < -0.4 is 10.6 Å². The van der Waals surface area contributed by atoms with Crippen molar-refractivity contribution < 1.29 is 14.7 Å². The van der Waals surface area contributed by atoms with Crippen LogP contribution >= 0.6 is 11.6 Å². The molecule has 1 atom stereocenters. The highest BCUT2D eigenvalue weighted by Crippen LogP contribution is 2.20. The number of carbonyl (C=O) groups is 2. The quantitative estimate of drug-likeness (QED) is 0.774. The fourth-order valence-corrected chi connectivity index (χ4v) is 1.53. The van der Waals surface area contributed by atoms with Crippen molar-refractivity contribution >= 4 is 29.1 Å². The summed E-state index contributed by atoms with van der Waals surface area (Å²) in [6, 6.07) is 4.27. The summed E-state index contributed by atoms with van der Waals surface area (Å²) in [6.45, 7) is 2.89. The van der Waals surface area contributed by atoms with Gasteiger partial charge in [0, 0.05) is 18.7 Å². The van der Waals surface area contributed by atoms with Crippen molar-refractivity contribution in [1.82, 2.24) is 5.32 Å². The number of amides is 2. The van der Waals surface area contributed by atoms with Crippen molar-refractivity contribution in [2.45, 2.75) is 19.9 Å². The van der Waals surface area contributed by atoms with Crippen LogP contribution in [0.15, 0.2) is 18.2 Å². The molecule has 0 aliphatic rings. The van der Waals surface area contributed by atoms with Crippen molar-refractivity contribution in [3.8, 4) is 0 Å². The van der Waals surface area contributed by atoms with Crippen molar-refractivity contribution in [3.05, 3.63) is 28.8 Å². The van der Waals surface area contributed by atoms with Gasteiger partial charge in [0.1, 0.15) is 0 Å². The zero-order valence-electron chi connectivity index (χ0n) is 10.2. The summed E-state index contributed by atoms with van der Waals surface area (Å²) in [7, 11) is 0. The van der Waals surface area contributed by atoms with E-state index in [1.54, 1.807) is 13.0 Å². The van der Waals surface area contributed by atoms with Gasteiger partial charge in [-0.05, 0) is 25.1 Å². The minimum Gasteiger partial charge on any atom is -0.394 e. The molecule has 0 aliphatic carbocycles. The number of nitrogens with one attached hydrogen (secondary N) is 2. The molecule has 2 amide bonds. The lowest BCUT2D eigenvalue weighted by Gasteiger charge is -2.12. The van der Waals surface area contributed by atoms with Crippen LogP contribution in [0, 0.1) is 0 Å². The second kappa shape index (κ2) is 6.37. The first kappa shape index (κ1) is 14.5. The Morgan fingerprint density at radius 1 is 1.44 bits per heavy atom. The summed E-state index contributed by atoms with van der Waals surface area (Å²) in [5.41, 5.74) is 0.747. The lowest BCUT2D eigenvalue weighted by Crippen LogP contribution is -2.35. The van der Waals surface area contributed by atoms with E-state index in [2.05, 4.69) is 10.6 Å². The highest BCUT2D eigenvalue weighted by molar-refractivity contribution is 6.34. The van der Waals surface area contributed by atoms with E-state index in [-0.39, 0.29) is 29.1 Å². The molecule has 0 bridgehead atoms. The Morgan fingerprint density at radius 2 is 2.11 bits per heavy atom. The van der Waals surface area contributed by atoms with Gasteiger partial charge in [0.2, 0.25) is 5.91 Å². The molecule has 0 saturated heterocycles. The Hall–Kier alpha value is -1.59. The van der Waals surface area contributed by atoms with E-state index in [4.69, 9.17) is 16.7 Å². The van der Waals surface area contributed by atoms with Crippen LogP contribution in [0.25, 0.3) is 0 Å². The smallest absolute Gasteiger partial charge is 0.253 e. The Bertz CT molecular complexity index is 463. The molecule has 1 aromatic rings. The number of halogens is 1. The molecule has 0 spiro atoms. The van der Waals surface area contributed by atoms with Gasteiger partial charge in [-0.25, -0.2) is 0 Å². The van der Waals surface area contributed by atoms with Gasteiger partial charge in [0.05, 0.1) is 17.2 Å². The van der Waals surface area contributed by atoms with Crippen molar-refractivity contribution in [2.24, 2.45) is 0 Å². The van der Waals surface area contributed by atoms with Gasteiger partial charge in [-0.15, -0.1) is 0 Å². The zero-order chi connectivity index (χ0) is 13.7. The van der Waals surface area contributed by atoms with Gasteiger partial charge in [-0.2, -0.15) is 0 Å². The predicted octanol–water partition coefficient (Wildman–Crippen LogP) is 1.41. The molecule has 6 heteroatoms.